The first-order valence-corrected chi connectivity index (χ1v) is 13.6. The number of aliphatic hydroxyl groups is 1. The summed E-state index contributed by atoms with van der Waals surface area (Å²) in [6.45, 7) is 12.8. The lowest BCUT2D eigenvalue weighted by Gasteiger charge is -2.39. The van der Waals surface area contributed by atoms with Gasteiger partial charge in [-0.1, -0.05) is 37.6 Å². The molecule has 1 aromatic heterocycles. The fourth-order valence-electron chi connectivity index (χ4n) is 5.61. The molecule has 1 saturated heterocycles. The maximum atomic E-state index is 13.9. The number of aryl methyl sites for hydroxylation is 1. The van der Waals surface area contributed by atoms with Gasteiger partial charge in [0.15, 0.2) is 0 Å². The van der Waals surface area contributed by atoms with Crippen molar-refractivity contribution in [2.45, 2.75) is 64.4 Å². The maximum absolute atomic E-state index is 13.9. The second-order valence-corrected chi connectivity index (χ2v) is 11.4. The first-order chi connectivity index (χ1) is 17.2. The number of piperazine rings is 1. The molecule has 2 atom stereocenters. The van der Waals surface area contributed by atoms with Crippen LogP contribution in [0, 0.1) is 0 Å². The summed E-state index contributed by atoms with van der Waals surface area (Å²) in [6, 6.07) is 7.63. The number of anilines is 1. The van der Waals surface area contributed by atoms with Crippen molar-refractivity contribution in [1.82, 2.24) is 19.8 Å². The quantitative estimate of drug-likeness (QED) is 0.544. The van der Waals surface area contributed by atoms with Crippen LogP contribution in [0.1, 0.15) is 69.2 Å². The third kappa shape index (κ3) is 6.36. The highest BCUT2D eigenvalue weighted by Crippen LogP contribution is 2.37. The molecule has 2 aliphatic rings. The Hall–Kier alpha value is -2.22. The van der Waals surface area contributed by atoms with Gasteiger partial charge < -0.3 is 14.9 Å². The van der Waals surface area contributed by atoms with Gasteiger partial charge in [-0.25, -0.2) is 9.97 Å². The number of nitrogens with zero attached hydrogens (tertiary/aromatic N) is 5. The molecule has 0 saturated carbocycles. The van der Waals surface area contributed by atoms with Crippen LogP contribution >= 0.6 is 11.6 Å². The van der Waals surface area contributed by atoms with Crippen molar-refractivity contribution < 1.29 is 9.90 Å². The molecule has 1 aliphatic heterocycles. The largest absolute Gasteiger partial charge is 0.389 e. The van der Waals surface area contributed by atoms with Gasteiger partial charge in [-0.3, -0.25) is 9.69 Å². The summed E-state index contributed by atoms with van der Waals surface area (Å²) in [7, 11) is 0. The fourth-order valence-corrected chi connectivity index (χ4v) is 5.74. The number of fused-ring (bicyclic) bond motifs is 1. The van der Waals surface area contributed by atoms with Gasteiger partial charge in [0.2, 0.25) is 5.91 Å². The van der Waals surface area contributed by atoms with E-state index in [9.17, 15) is 9.90 Å². The lowest BCUT2D eigenvalue weighted by Crippen LogP contribution is -2.52. The Labute approximate surface area is 220 Å². The van der Waals surface area contributed by atoms with Gasteiger partial charge in [-0.05, 0) is 63.3 Å². The third-order valence-electron chi connectivity index (χ3n) is 7.30. The molecule has 1 fully saturated rings. The van der Waals surface area contributed by atoms with Crippen LogP contribution in [0.4, 0.5) is 5.82 Å². The van der Waals surface area contributed by atoms with Crippen molar-refractivity contribution in [2.75, 3.05) is 50.7 Å². The van der Waals surface area contributed by atoms with Crippen LogP contribution in [0.5, 0.6) is 0 Å². The number of hydrogen-bond acceptors (Lipinski definition) is 6. The summed E-state index contributed by atoms with van der Waals surface area (Å²) in [4.78, 5) is 29.6. The summed E-state index contributed by atoms with van der Waals surface area (Å²) in [5.41, 5.74) is 2.60. The Morgan fingerprint density at radius 1 is 1.19 bits per heavy atom. The number of hydrogen-bond donors (Lipinski definition) is 1. The van der Waals surface area contributed by atoms with Gasteiger partial charge >= 0.3 is 0 Å². The molecule has 196 valence electrons. The van der Waals surface area contributed by atoms with Crippen LogP contribution in [0.25, 0.3) is 0 Å². The first kappa shape index (κ1) is 26.8. The number of benzene rings is 1. The monoisotopic (exact) mass is 513 g/mol. The van der Waals surface area contributed by atoms with Crippen molar-refractivity contribution in [2.24, 2.45) is 0 Å². The zero-order chi connectivity index (χ0) is 25.9. The maximum Gasteiger partial charge on any atom is 0.231 e. The average Bonchev–Trinajstić information content (AvgIpc) is 3.23. The van der Waals surface area contributed by atoms with Crippen LogP contribution < -0.4 is 4.90 Å². The van der Waals surface area contributed by atoms with Crippen molar-refractivity contribution in [3.63, 3.8) is 0 Å². The van der Waals surface area contributed by atoms with Gasteiger partial charge in [0.05, 0.1) is 11.5 Å². The van der Waals surface area contributed by atoms with E-state index in [0.29, 0.717) is 37.1 Å². The van der Waals surface area contributed by atoms with Gasteiger partial charge in [0, 0.05) is 55.5 Å². The molecule has 1 aliphatic carbocycles. The molecule has 0 radical (unpaired) electrons. The highest BCUT2D eigenvalue weighted by molar-refractivity contribution is 6.30. The fraction of sp³-hybridized carbons (Fsp3) is 0.607. The summed E-state index contributed by atoms with van der Waals surface area (Å²) in [5.74, 6) is 1.34. The van der Waals surface area contributed by atoms with Crippen molar-refractivity contribution in [1.29, 1.82) is 0 Å². The molecule has 7 nitrogen and oxygen atoms in total. The highest BCUT2D eigenvalue weighted by Gasteiger charge is 2.33. The van der Waals surface area contributed by atoms with Gasteiger partial charge in [0.1, 0.15) is 12.1 Å². The Kier molecular flexibility index (Phi) is 8.53. The molecule has 0 spiro atoms. The predicted octanol–water partition coefficient (Wildman–Crippen LogP) is 4.10. The average molecular weight is 514 g/mol. The topological polar surface area (TPSA) is 72.8 Å². The van der Waals surface area contributed by atoms with Crippen LogP contribution in [0.15, 0.2) is 30.6 Å². The summed E-state index contributed by atoms with van der Waals surface area (Å²) < 4.78 is 0. The molecule has 1 amide bonds. The van der Waals surface area contributed by atoms with Gasteiger partial charge in [-0.15, -0.1) is 0 Å². The Morgan fingerprint density at radius 3 is 2.53 bits per heavy atom. The van der Waals surface area contributed by atoms with E-state index in [1.165, 1.54) is 11.3 Å². The minimum absolute atomic E-state index is 0.134. The molecule has 8 heteroatoms. The molecule has 2 heterocycles. The van der Waals surface area contributed by atoms with Crippen molar-refractivity contribution in [3.05, 3.63) is 52.4 Å². The zero-order valence-corrected chi connectivity index (χ0v) is 22.8. The Morgan fingerprint density at radius 2 is 1.89 bits per heavy atom. The summed E-state index contributed by atoms with van der Waals surface area (Å²) in [6.07, 6.45) is 4.79. The number of rotatable bonds is 9. The third-order valence-corrected chi connectivity index (χ3v) is 7.56. The van der Waals surface area contributed by atoms with Crippen LogP contribution in [0.2, 0.25) is 5.02 Å². The Bertz CT molecular complexity index is 1030. The summed E-state index contributed by atoms with van der Waals surface area (Å²) in [5, 5.41) is 11.1. The molecular formula is C28H40ClN5O2. The number of carbonyl (C=O) groups excluding carboxylic acids is 1. The lowest BCUT2D eigenvalue weighted by molar-refractivity contribution is -0.133. The van der Waals surface area contributed by atoms with E-state index in [-0.39, 0.29) is 11.8 Å². The molecule has 0 bridgehead atoms. The first-order valence-electron chi connectivity index (χ1n) is 13.2. The van der Waals surface area contributed by atoms with Gasteiger partial charge in [0.25, 0.3) is 0 Å². The van der Waals surface area contributed by atoms with Gasteiger partial charge in [-0.2, -0.15) is 0 Å². The standard InChI is InChI=1S/C28H40ClN5O2/c1-5-12-32(18-28(3,4)36)17-23(21-7-9-22(29)10-8-21)27(35)34-15-13-33(14-16-34)26-25-20(2)6-11-24(25)30-19-31-26/h7-10,19-20,23,36H,5-6,11-18H2,1-4H3. The second kappa shape index (κ2) is 11.4. The van der Waals surface area contributed by atoms with E-state index in [4.69, 9.17) is 11.6 Å². The van der Waals surface area contributed by atoms with E-state index in [2.05, 4.69) is 33.6 Å². The van der Waals surface area contributed by atoms with Crippen molar-refractivity contribution in [3.8, 4) is 0 Å². The van der Waals surface area contributed by atoms with E-state index in [1.54, 1.807) is 6.33 Å². The normalized spacial score (nSPS) is 19.0. The molecule has 36 heavy (non-hydrogen) atoms. The second-order valence-electron chi connectivity index (χ2n) is 11.0. The van der Waals surface area contributed by atoms with Crippen LogP contribution in [-0.2, 0) is 11.2 Å². The molecule has 1 aromatic carbocycles. The minimum Gasteiger partial charge on any atom is -0.389 e. The number of amides is 1. The van der Waals surface area contributed by atoms with Crippen LogP contribution in [0.3, 0.4) is 0 Å². The molecule has 2 aromatic rings. The zero-order valence-electron chi connectivity index (χ0n) is 22.1. The molecule has 1 N–H and O–H groups in total. The van der Waals surface area contributed by atoms with E-state index in [0.717, 1.165) is 50.3 Å². The van der Waals surface area contributed by atoms with Crippen molar-refractivity contribution >= 4 is 23.3 Å². The van der Waals surface area contributed by atoms with E-state index >= 15 is 0 Å². The van der Waals surface area contributed by atoms with E-state index < -0.39 is 5.60 Å². The van der Waals surface area contributed by atoms with E-state index in [1.807, 2.05) is 43.0 Å². The molecule has 2 unspecified atom stereocenters. The summed E-state index contributed by atoms with van der Waals surface area (Å²) >= 11 is 6.16. The minimum atomic E-state index is -0.830. The number of carbonyl (C=O) groups is 1. The SMILES string of the molecule is CCCN(CC(C(=O)N1CCN(c2ncnc3c2C(C)CC3)CC1)c1ccc(Cl)cc1)CC(C)(C)O. The molecule has 4 rings (SSSR count). The Balaban J connectivity index is 1.50. The lowest BCUT2D eigenvalue weighted by atomic mass is 9.95. The van der Waals surface area contributed by atoms with Crippen LogP contribution in [-0.4, -0.2) is 82.2 Å². The number of aromatic nitrogens is 2. The highest BCUT2D eigenvalue weighted by atomic mass is 35.5. The smallest absolute Gasteiger partial charge is 0.231 e. The predicted molar refractivity (Wildman–Crippen MR) is 145 cm³/mol. The molecular weight excluding hydrogens is 474 g/mol. The number of halogens is 1.